The van der Waals surface area contributed by atoms with Crippen molar-refractivity contribution in [3.8, 4) is 11.3 Å². The number of carbonyl (C=O) groups is 3. The summed E-state index contributed by atoms with van der Waals surface area (Å²) in [6.45, 7) is 11.5. The lowest BCUT2D eigenvalue weighted by Crippen LogP contribution is -2.50. The van der Waals surface area contributed by atoms with E-state index in [2.05, 4.69) is 71.2 Å². The molecule has 0 bridgehead atoms. The Labute approximate surface area is 311 Å². The topological polar surface area (TPSA) is 168 Å². The van der Waals surface area contributed by atoms with Gasteiger partial charge in [-0.2, -0.15) is 10.1 Å². The van der Waals surface area contributed by atoms with Gasteiger partial charge in [-0.3, -0.25) is 24.2 Å². The molecule has 5 aromatic heterocycles. The molecule has 8 rings (SSSR count). The molecule has 0 saturated carbocycles. The molecule has 0 unspecified atom stereocenters. The number of nitrogens with one attached hydrogen (secondary N) is 2. The number of imidazole rings is 1. The van der Waals surface area contributed by atoms with Crippen molar-refractivity contribution in [2.45, 2.75) is 71.3 Å². The van der Waals surface area contributed by atoms with Crippen molar-refractivity contribution in [3.63, 3.8) is 0 Å². The summed E-state index contributed by atoms with van der Waals surface area (Å²) in [6, 6.07) is 12.1. The summed E-state index contributed by atoms with van der Waals surface area (Å²) in [5.74, 6) is 0.918. The predicted molar refractivity (Wildman–Crippen MR) is 200 cm³/mol. The van der Waals surface area contributed by atoms with Gasteiger partial charge in [-0.1, -0.05) is 38.1 Å². The molecule has 7 heterocycles. The van der Waals surface area contributed by atoms with Gasteiger partial charge in [0, 0.05) is 49.4 Å². The van der Waals surface area contributed by atoms with Gasteiger partial charge in [0.2, 0.25) is 11.8 Å². The van der Waals surface area contributed by atoms with E-state index < -0.39 is 6.03 Å². The van der Waals surface area contributed by atoms with Crippen molar-refractivity contribution in [2.24, 2.45) is 0 Å². The van der Waals surface area contributed by atoms with Gasteiger partial charge in [0.1, 0.15) is 17.8 Å². The van der Waals surface area contributed by atoms with Crippen LogP contribution >= 0.6 is 0 Å². The number of hydrogen-bond donors (Lipinski definition) is 2. The first kappa shape index (κ1) is 35.1. The summed E-state index contributed by atoms with van der Waals surface area (Å²) in [7, 11) is 0. The van der Waals surface area contributed by atoms with E-state index in [1.165, 1.54) is 11.1 Å². The van der Waals surface area contributed by atoms with Gasteiger partial charge < -0.3 is 14.7 Å². The normalized spacial score (nSPS) is 16.0. The van der Waals surface area contributed by atoms with E-state index >= 15 is 0 Å². The van der Waals surface area contributed by atoms with E-state index in [4.69, 9.17) is 4.52 Å². The second-order valence-electron chi connectivity index (χ2n) is 15.2. The van der Waals surface area contributed by atoms with E-state index in [-0.39, 0.29) is 29.5 Å². The molecular weight excluding hydrogens is 687 g/mol. The minimum atomic E-state index is -0.412. The summed E-state index contributed by atoms with van der Waals surface area (Å²) >= 11 is 0. The number of fused-ring (bicyclic) bond motifs is 2. The molecule has 4 amide bonds. The Hall–Kier alpha value is -5.96. The van der Waals surface area contributed by atoms with Gasteiger partial charge in [-0.05, 0) is 91.7 Å². The molecule has 2 aliphatic heterocycles. The van der Waals surface area contributed by atoms with Crippen LogP contribution in [0.3, 0.4) is 0 Å². The molecule has 2 fully saturated rings. The van der Waals surface area contributed by atoms with Crippen LogP contribution in [-0.2, 0) is 23.2 Å². The van der Waals surface area contributed by atoms with E-state index in [1.807, 2.05) is 54.9 Å². The third-order valence-corrected chi connectivity index (χ3v) is 10.4. The van der Waals surface area contributed by atoms with Crippen molar-refractivity contribution in [1.82, 2.24) is 49.7 Å². The molecule has 6 aromatic rings. The summed E-state index contributed by atoms with van der Waals surface area (Å²) in [5, 5.41) is 13.6. The van der Waals surface area contributed by atoms with Crippen molar-refractivity contribution in [3.05, 3.63) is 95.3 Å². The lowest BCUT2D eigenvalue weighted by atomic mass is 9.90. The number of amides is 4. The fourth-order valence-corrected chi connectivity index (χ4v) is 7.26. The zero-order valence-electron chi connectivity index (χ0n) is 30.9. The summed E-state index contributed by atoms with van der Waals surface area (Å²) < 4.78 is 9.08. The molecule has 2 aliphatic rings. The van der Waals surface area contributed by atoms with Crippen LogP contribution in [0.2, 0.25) is 0 Å². The highest BCUT2D eigenvalue weighted by molar-refractivity contribution is 6.05. The highest BCUT2D eigenvalue weighted by Crippen LogP contribution is 2.31. The smallest absolute Gasteiger partial charge is 0.329 e. The van der Waals surface area contributed by atoms with Crippen LogP contribution in [0.15, 0.2) is 65.8 Å². The molecule has 54 heavy (non-hydrogen) atoms. The Morgan fingerprint density at radius 1 is 1.06 bits per heavy atom. The van der Waals surface area contributed by atoms with Gasteiger partial charge >= 0.3 is 6.03 Å². The van der Waals surface area contributed by atoms with Crippen LogP contribution in [0.5, 0.6) is 0 Å². The Morgan fingerprint density at radius 2 is 1.89 bits per heavy atom. The van der Waals surface area contributed by atoms with Crippen LogP contribution < -0.4 is 15.5 Å². The SMILES string of the molecule is Cc1cc(-c2ncnn3cc(CCN4CCC(c5ccn6c(N7CCC(=O)NC7=O)cnc6c5)CC4)cc23)ccc1CNC(=O)c1noc(C(C)(C)C)n1. The number of likely N-dealkylation sites (tertiary alicyclic amines) is 1. The van der Waals surface area contributed by atoms with E-state index in [1.54, 1.807) is 17.4 Å². The van der Waals surface area contributed by atoms with Crippen LogP contribution in [0, 0.1) is 6.92 Å². The van der Waals surface area contributed by atoms with Crippen molar-refractivity contribution < 1.29 is 18.9 Å². The van der Waals surface area contributed by atoms with Gasteiger partial charge in [-0.25, -0.2) is 19.3 Å². The van der Waals surface area contributed by atoms with Crippen LogP contribution in [0.1, 0.15) is 84.7 Å². The van der Waals surface area contributed by atoms with E-state index in [9.17, 15) is 14.4 Å². The number of aromatic nitrogens is 7. The largest absolute Gasteiger partial charge is 0.345 e. The van der Waals surface area contributed by atoms with Crippen molar-refractivity contribution >= 4 is 34.8 Å². The van der Waals surface area contributed by atoms with Crippen LogP contribution in [0.25, 0.3) is 22.4 Å². The number of piperidine rings is 1. The zero-order valence-corrected chi connectivity index (χ0v) is 30.9. The van der Waals surface area contributed by atoms with Crippen molar-refractivity contribution in [2.75, 3.05) is 31.1 Å². The fraction of sp³-hybridized carbons (Fsp3) is 0.385. The molecule has 0 radical (unpaired) electrons. The average Bonchev–Trinajstić information content (AvgIpc) is 3.92. The minimum absolute atomic E-state index is 0.0261. The number of imide groups is 1. The number of nitrogens with zero attached hydrogens (tertiary/aromatic N) is 9. The first-order valence-electron chi connectivity index (χ1n) is 18.4. The van der Waals surface area contributed by atoms with E-state index in [0.29, 0.717) is 30.7 Å². The third kappa shape index (κ3) is 7.06. The molecule has 15 heteroatoms. The number of aryl methyl sites for hydroxylation is 1. The number of anilines is 1. The average molecular weight is 730 g/mol. The molecule has 0 aliphatic carbocycles. The highest BCUT2D eigenvalue weighted by atomic mass is 16.5. The zero-order chi connectivity index (χ0) is 37.6. The number of hydrogen-bond acceptors (Lipinski definition) is 10. The number of benzene rings is 1. The molecule has 2 saturated heterocycles. The second-order valence-corrected chi connectivity index (χ2v) is 15.2. The Kier molecular flexibility index (Phi) is 9.17. The maximum absolute atomic E-state index is 12.7. The lowest BCUT2D eigenvalue weighted by Gasteiger charge is -2.32. The predicted octanol–water partition coefficient (Wildman–Crippen LogP) is 4.83. The second kappa shape index (κ2) is 14.1. The minimum Gasteiger partial charge on any atom is -0.345 e. The molecule has 2 N–H and O–H groups in total. The molecule has 278 valence electrons. The quantitative estimate of drug-likeness (QED) is 0.210. The van der Waals surface area contributed by atoms with Crippen LogP contribution in [-0.4, -0.2) is 83.0 Å². The molecular formula is C39H43N11O4. The summed E-state index contributed by atoms with van der Waals surface area (Å²) in [4.78, 5) is 54.2. The monoisotopic (exact) mass is 729 g/mol. The highest BCUT2D eigenvalue weighted by Gasteiger charge is 2.28. The third-order valence-electron chi connectivity index (χ3n) is 10.4. The van der Waals surface area contributed by atoms with Gasteiger partial charge in [-0.15, -0.1) is 0 Å². The maximum atomic E-state index is 12.7. The molecule has 1 aromatic carbocycles. The van der Waals surface area contributed by atoms with Gasteiger partial charge in [0.05, 0.1) is 17.4 Å². The summed E-state index contributed by atoms with van der Waals surface area (Å²) in [5.41, 5.74) is 7.72. The maximum Gasteiger partial charge on any atom is 0.329 e. The Morgan fingerprint density at radius 3 is 2.65 bits per heavy atom. The molecule has 0 atom stereocenters. The lowest BCUT2D eigenvalue weighted by molar-refractivity contribution is -0.120. The number of rotatable bonds is 9. The first-order chi connectivity index (χ1) is 26.0. The number of carbonyl (C=O) groups excluding carboxylic acids is 3. The Bertz CT molecular complexity index is 2380. The van der Waals surface area contributed by atoms with E-state index in [0.717, 1.165) is 72.4 Å². The standard InChI is InChI=1S/C39H43N11O4/c1-24-17-28(5-6-29(24)20-41-36(52)35-45-37(54-46-35)39(2,3)4)34-30-18-25(22-50(30)43-23-42-34)7-12-47-13-8-26(9-14-47)27-10-15-48-31(19-27)40-21-33(48)49-16-11-32(51)44-38(49)53/h5-6,10,15,17-19,21-23,26H,7-9,11-14,16,20H2,1-4H3,(H,41,52)(H,44,51,53). The van der Waals surface area contributed by atoms with Crippen molar-refractivity contribution in [1.29, 1.82) is 0 Å². The Balaban J connectivity index is 0.866. The molecule has 0 spiro atoms. The van der Waals surface area contributed by atoms with Gasteiger partial charge in [0.25, 0.3) is 11.7 Å². The first-order valence-corrected chi connectivity index (χ1v) is 18.4. The number of pyridine rings is 1. The molecule has 15 nitrogen and oxygen atoms in total. The summed E-state index contributed by atoms with van der Waals surface area (Å²) in [6.07, 6.45) is 10.6. The number of urea groups is 1. The van der Waals surface area contributed by atoms with Crippen LogP contribution in [0.4, 0.5) is 10.6 Å². The fourth-order valence-electron chi connectivity index (χ4n) is 7.26. The van der Waals surface area contributed by atoms with Gasteiger partial charge in [0.15, 0.2) is 0 Å².